The highest BCUT2D eigenvalue weighted by atomic mass is 16.3. The molecular formula is C14H20O. The summed E-state index contributed by atoms with van der Waals surface area (Å²) in [5.41, 5.74) is 0.170. The van der Waals surface area contributed by atoms with Crippen LogP contribution in [0.25, 0.3) is 6.08 Å². The molecule has 1 N–H and O–H groups in total. The van der Waals surface area contributed by atoms with Gasteiger partial charge in [-0.1, -0.05) is 63.3 Å². The SMILES string of the molecule is CC(C)(C)C(C)(O)/C=C/c1ccccc1. The van der Waals surface area contributed by atoms with Crippen molar-refractivity contribution in [2.45, 2.75) is 33.3 Å². The molecule has 0 aromatic heterocycles. The minimum atomic E-state index is -0.789. The van der Waals surface area contributed by atoms with E-state index in [4.69, 9.17) is 0 Å². The molecule has 1 atom stereocenters. The van der Waals surface area contributed by atoms with Crippen molar-refractivity contribution >= 4 is 6.08 Å². The van der Waals surface area contributed by atoms with Crippen molar-refractivity contribution in [3.05, 3.63) is 42.0 Å². The summed E-state index contributed by atoms with van der Waals surface area (Å²) in [6.07, 6.45) is 3.83. The molecule has 1 aromatic carbocycles. The molecule has 1 aromatic rings. The smallest absolute Gasteiger partial charge is 0.0850 e. The molecule has 0 spiro atoms. The molecule has 0 amide bonds. The molecule has 0 fully saturated rings. The second kappa shape index (κ2) is 4.19. The van der Waals surface area contributed by atoms with Crippen molar-refractivity contribution in [2.75, 3.05) is 0 Å². The normalized spacial score (nSPS) is 16.6. The van der Waals surface area contributed by atoms with E-state index in [0.29, 0.717) is 0 Å². The Bertz CT molecular complexity index is 328. The van der Waals surface area contributed by atoms with E-state index in [0.717, 1.165) is 5.56 Å². The maximum Gasteiger partial charge on any atom is 0.0850 e. The fraction of sp³-hybridized carbons (Fsp3) is 0.429. The number of benzene rings is 1. The highest BCUT2D eigenvalue weighted by Crippen LogP contribution is 2.31. The summed E-state index contributed by atoms with van der Waals surface area (Å²) in [7, 11) is 0. The van der Waals surface area contributed by atoms with E-state index in [1.54, 1.807) is 0 Å². The van der Waals surface area contributed by atoms with Gasteiger partial charge in [0, 0.05) is 0 Å². The van der Waals surface area contributed by atoms with Crippen molar-refractivity contribution in [3.8, 4) is 0 Å². The highest BCUT2D eigenvalue weighted by molar-refractivity contribution is 5.50. The van der Waals surface area contributed by atoms with Crippen LogP contribution in [0, 0.1) is 5.41 Å². The lowest BCUT2D eigenvalue weighted by Crippen LogP contribution is -2.37. The molecule has 0 radical (unpaired) electrons. The van der Waals surface area contributed by atoms with Crippen LogP contribution in [0.4, 0.5) is 0 Å². The van der Waals surface area contributed by atoms with Crippen molar-refractivity contribution in [1.29, 1.82) is 0 Å². The lowest BCUT2D eigenvalue weighted by molar-refractivity contribution is 0.00436. The molecule has 0 aliphatic carbocycles. The third kappa shape index (κ3) is 3.21. The third-order valence-corrected chi connectivity index (χ3v) is 2.92. The third-order valence-electron chi connectivity index (χ3n) is 2.92. The molecule has 0 heterocycles. The van der Waals surface area contributed by atoms with Crippen LogP contribution in [-0.2, 0) is 0 Å². The second-order valence-corrected chi connectivity index (χ2v) is 5.14. The average molecular weight is 204 g/mol. The van der Waals surface area contributed by atoms with Crippen LogP contribution in [0.5, 0.6) is 0 Å². The molecule has 0 saturated heterocycles. The monoisotopic (exact) mass is 204 g/mol. The number of rotatable bonds is 2. The van der Waals surface area contributed by atoms with E-state index < -0.39 is 5.60 Å². The molecule has 1 unspecified atom stereocenters. The van der Waals surface area contributed by atoms with Gasteiger partial charge in [-0.2, -0.15) is 0 Å². The van der Waals surface area contributed by atoms with Crippen LogP contribution in [0.1, 0.15) is 33.3 Å². The number of hydrogen-bond acceptors (Lipinski definition) is 1. The summed E-state index contributed by atoms with van der Waals surface area (Å²) in [5.74, 6) is 0. The van der Waals surface area contributed by atoms with Gasteiger partial charge in [-0.05, 0) is 17.9 Å². The Morgan fingerprint density at radius 3 is 2.00 bits per heavy atom. The largest absolute Gasteiger partial charge is 0.386 e. The maximum atomic E-state index is 10.2. The van der Waals surface area contributed by atoms with Gasteiger partial charge in [-0.15, -0.1) is 0 Å². The summed E-state index contributed by atoms with van der Waals surface area (Å²) < 4.78 is 0. The Balaban J connectivity index is 2.83. The maximum absolute atomic E-state index is 10.2. The van der Waals surface area contributed by atoms with Crippen molar-refractivity contribution < 1.29 is 5.11 Å². The highest BCUT2D eigenvalue weighted by Gasteiger charge is 2.32. The minimum absolute atomic E-state index is 0.154. The van der Waals surface area contributed by atoms with Crippen molar-refractivity contribution in [3.63, 3.8) is 0 Å². The first-order valence-electron chi connectivity index (χ1n) is 5.29. The topological polar surface area (TPSA) is 20.2 Å². The van der Waals surface area contributed by atoms with Gasteiger partial charge in [0.25, 0.3) is 0 Å². The van der Waals surface area contributed by atoms with E-state index in [9.17, 15) is 5.11 Å². The quantitative estimate of drug-likeness (QED) is 0.781. The van der Waals surface area contributed by atoms with E-state index in [-0.39, 0.29) is 5.41 Å². The molecule has 0 aliphatic rings. The van der Waals surface area contributed by atoms with E-state index in [2.05, 4.69) is 0 Å². The average Bonchev–Trinajstić information content (AvgIpc) is 2.15. The molecule has 82 valence electrons. The zero-order valence-electron chi connectivity index (χ0n) is 9.99. The van der Waals surface area contributed by atoms with Crippen LogP contribution in [0.3, 0.4) is 0 Å². The zero-order chi connectivity index (χ0) is 11.5. The fourth-order valence-electron chi connectivity index (χ4n) is 1.07. The molecule has 1 nitrogen and oxygen atoms in total. The van der Waals surface area contributed by atoms with Crippen LogP contribution >= 0.6 is 0 Å². The molecule has 0 bridgehead atoms. The lowest BCUT2D eigenvalue weighted by Gasteiger charge is -2.34. The molecular weight excluding hydrogens is 184 g/mol. The fourth-order valence-corrected chi connectivity index (χ4v) is 1.07. The summed E-state index contributed by atoms with van der Waals surface area (Å²) in [5, 5.41) is 10.2. The van der Waals surface area contributed by atoms with Gasteiger partial charge in [0.2, 0.25) is 0 Å². The standard InChI is InChI=1S/C14H20O/c1-13(2,3)14(4,15)11-10-12-8-6-5-7-9-12/h5-11,15H,1-4H3/b11-10+. The van der Waals surface area contributed by atoms with Crippen molar-refractivity contribution in [2.24, 2.45) is 5.41 Å². The van der Waals surface area contributed by atoms with Crippen LogP contribution < -0.4 is 0 Å². The molecule has 0 saturated carbocycles. The first kappa shape index (κ1) is 12.0. The Morgan fingerprint density at radius 2 is 1.53 bits per heavy atom. The van der Waals surface area contributed by atoms with Gasteiger partial charge in [0.1, 0.15) is 0 Å². The van der Waals surface area contributed by atoms with Crippen LogP contribution in [-0.4, -0.2) is 10.7 Å². The summed E-state index contributed by atoms with van der Waals surface area (Å²) in [6.45, 7) is 7.93. The predicted octanol–water partition coefficient (Wildman–Crippen LogP) is 3.50. The van der Waals surface area contributed by atoms with Gasteiger partial charge in [-0.25, -0.2) is 0 Å². The Labute approximate surface area is 92.5 Å². The first-order chi connectivity index (χ1) is 6.83. The first-order valence-corrected chi connectivity index (χ1v) is 5.29. The van der Waals surface area contributed by atoms with Gasteiger partial charge in [0.15, 0.2) is 0 Å². The van der Waals surface area contributed by atoms with Gasteiger partial charge in [-0.3, -0.25) is 0 Å². The van der Waals surface area contributed by atoms with Crippen LogP contribution in [0.2, 0.25) is 0 Å². The molecule has 1 heteroatoms. The van der Waals surface area contributed by atoms with Crippen LogP contribution in [0.15, 0.2) is 36.4 Å². The van der Waals surface area contributed by atoms with Gasteiger partial charge in [0.05, 0.1) is 5.60 Å². The Kier molecular flexibility index (Phi) is 3.35. The second-order valence-electron chi connectivity index (χ2n) is 5.14. The number of aliphatic hydroxyl groups is 1. The summed E-state index contributed by atoms with van der Waals surface area (Å²) in [4.78, 5) is 0. The lowest BCUT2D eigenvalue weighted by atomic mass is 9.77. The minimum Gasteiger partial charge on any atom is -0.386 e. The number of hydrogen-bond donors (Lipinski definition) is 1. The predicted molar refractivity (Wildman–Crippen MR) is 65.6 cm³/mol. The van der Waals surface area contributed by atoms with Gasteiger partial charge >= 0.3 is 0 Å². The van der Waals surface area contributed by atoms with Gasteiger partial charge < -0.3 is 5.11 Å². The van der Waals surface area contributed by atoms with Crippen molar-refractivity contribution in [1.82, 2.24) is 0 Å². The molecule has 1 rings (SSSR count). The van der Waals surface area contributed by atoms with E-state index >= 15 is 0 Å². The molecule has 0 aliphatic heterocycles. The van der Waals surface area contributed by atoms with E-state index in [1.165, 1.54) is 0 Å². The Hall–Kier alpha value is -1.08. The summed E-state index contributed by atoms with van der Waals surface area (Å²) in [6, 6.07) is 10.0. The Morgan fingerprint density at radius 1 is 1.00 bits per heavy atom. The molecule has 15 heavy (non-hydrogen) atoms. The zero-order valence-corrected chi connectivity index (χ0v) is 9.99. The van der Waals surface area contributed by atoms with E-state index in [1.807, 2.05) is 70.2 Å². The summed E-state index contributed by atoms with van der Waals surface area (Å²) >= 11 is 0.